The van der Waals surface area contributed by atoms with E-state index in [0.29, 0.717) is 0 Å². The van der Waals surface area contributed by atoms with Crippen LogP contribution in [0.4, 0.5) is 0 Å². The van der Waals surface area contributed by atoms with Gasteiger partial charge in [0.05, 0.1) is 11.3 Å². The molecule has 2 heterocycles. The molecule has 0 unspecified atom stereocenters. The molecule has 1 fully saturated rings. The zero-order chi connectivity index (χ0) is 32.1. The fraction of sp³-hybridized carbons (Fsp3) is 0.400. The van der Waals surface area contributed by atoms with E-state index in [-0.39, 0.29) is 43.5 Å². The molecule has 2 aromatic heterocycles. The molecule has 1 saturated carbocycles. The van der Waals surface area contributed by atoms with Crippen LogP contribution in [0, 0.1) is 24.8 Å². The smallest absolute Gasteiger partial charge is 0.162 e. The van der Waals surface area contributed by atoms with Crippen molar-refractivity contribution >= 4 is 38.5 Å². The van der Waals surface area contributed by atoms with E-state index in [1.807, 2.05) is 58.2 Å². The molecule has 45 heavy (non-hydrogen) atoms. The fourth-order valence-electron chi connectivity index (χ4n) is 6.53. The van der Waals surface area contributed by atoms with E-state index in [1.54, 1.807) is 0 Å². The van der Waals surface area contributed by atoms with Crippen molar-refractivity contribution < 1.29 is 35.8 Å². The predicted molar refractivity (Wildman–Crippen MR) is 183 cm³/mol. The van der Waals surface area contributed by atoms with Crippen LogP contribution < -0.4 is 0 Å². The molecule has 1 radical (unpaired) electrons. The Morgan fingerprint density at radius 2 is 1.67 bits per heavy atom. The first-order valence-electron chi connectivity index (χ1n) is 16.9. The number of para-hydroxylation sites is 1. The van der Waals surface area contributed by atoms with Gasteiger partial charge < -0.3 is 14.5 Å². The van der Waals surface area contributed by atoms with E-state index in [0.717, 1.165) is 106 Å². The van der Waals surface area contributed by atoms with Gasteiger partial charge in [-0.25, -0.2) is 0 Å². The number of allylic oxidation sites excluding steroid dienone is 2. The van der Waals surface area contributed by atoms with E-state index >= 15 is 0 Å². The van der Waals surface area contributed by atoms with Gasteiger partial charge in [0.15, 0.2) is 5.78 Å². The number of furan rings is 1. The number of aliphatic hydroxyl groups is 1. The summed E-state index contributed by atoms with van der Waals surface area (Å²) in [6.07, 6.45) is 10.9. The van der Waals surface area contributed by atoms with Gasteiger partial charge in [-0.15, -0.1) is 17.7 Å². The van der Waals surface area contributed by atoms with Crippen LogP contribution >= 0.6 is 0 Å². The fourth-order valence-corrected chi connectivity index (χ4v) is 6.53. The Balaban J connectivity index is 0.000000259. The van der Waals surface area contributed by atoms with E-state index in [4.69, 9.17) is 10.8 Å². The average molecular weight is 782 g/mol. The molecule has 1 N–H and O–H groups in total. The molecule has 1 aliphatic carbocycles. The number of aromatic nitrogens is 1. The van der Waals surface area contributed by atoms with Crippen molar-refractivity contribution in [3.63, 3.8) is 0 Å². The largest absolute Gasteiger partial charge is 0.512 e. The Labute approximate surface area is 283 Å². The van der Waals surface area contributed by atoms with Gasteiger partial charge in [0.1, 0.15) is 5.58 Å². The predicted octanol–water partition coefficient (Wildman–Crippen LogP) is 11.4. The van der Waals surface area contributed by atoms with Crippen LogP contribution in [-0.4, -0.2) is 15.9 Å². The van der Waals surface area contributed by atoms with Crippen LogP contribution in [-0.2, 0) is 24.9 Å². The summed E-state index contributed by atoms with van der Waals surface area (Å²) < 4.78 is 15.1. The topological polar surface area (TPSA) is 63.3 Å². The summed E-state index contributed by atoms with van der Waals surface area (Å²) in [4.78, 5) is 16.5. The van der Waals surface area contributed by atoms with E-state index in [1.165, 1.54) is 6.08 Å². The number of ketones is 1. The van der Waals surface area contributed by atoms with Crippen LogP contribution in [0.15, 0.2) is 77.0 Å². The molecule has 5 aromatic rings. The second-order valence-electron chi connectivity index (χ2n) is 12.1. The van der Waals surface area contributed by atoms with Crippen LogP contribution in [0.2, 0.25) is 0 Å². The second kappa shape index (κ2) is 15.8. The Morgan fingerprint density at radius 1 is 0.978 bits per heavy atom. The van der Waals surface area contributed by atoms with Gasteiger partial charge in [-0.3, -0.25) is 4.79 Å². The Bertz CT molecular complexity index is 1830. The first-order chi connectivity index (χ1) is 21.7. The molecule has 0 amide bonds. The van der Waals surface area contributed by atoms with Crippen molar-refractivity contribution in [3.05, 3.63) is 89.8 Å². The summed E-state index contributed by atoms with van der Waals surface area (Å²) in [5.74, 6) is 0.102. The molecule has 0 bridgehead atoms. The first kappa shape index (κ1) is 33.1. The van der Waals surface area contributed by atoms with Crippen molar-refractivity contribution in [2.75, 3.05) is 0 Å². The Kier molecular flexibility index (Phi) is 11.6. The number of benzene rings is 3. The van der Waals surface area contributed by atoms with Crippen molar-refractivity contribution in [1.82, 2.24) is 4.98 Å². The molecule has 3 aromatic carbocycles. The number of fused-ring (bicyclic) bond motifs is 4. The maximum absolute atomic E-state index is 11.7. The van der Waals surface area contributed by atoms with Gasteiger partial charge in [0.2, 0.25) is 0 Å². The van der Waals surface area contributed by atoms with Gasteiger partial charge in [-0.2, -0.15) is 0 Å². The van der Waals surface area contributed by atoms with Crippen molar-refractivity contribution in [2.24, 2.45) is 11.8 Å². The van der Waals surface area contributed by atoms with Crippen molar-refractivity contribution in [1.29, 1.82) is 0 Å². The first-order valence-corrected chi connectivity index (χ1v) is 16.4. The number of rotatable bonds is 9. The third kappa shape index (κ3) is 7.59. The summed E-state index contributed by atoms with van der Waals surface area (Å²) in [7, 11) is 0. The Hall–Kier alpha value is -3.27. The van der Waals surface area contributed by atoms with Gasteiger partial charge in [0.25, 0.3) is 0 Å². The molecule has 1 aliphatic rings. The number of nitrogens with zero attached hydrogens (tertiary/aromatic N) is 1. The Morgan fingerprint density at radius 3 is 2.36 bits per heavy atom. The number of aliphatic hydroxyl groups excluding tert-OH is 1. The minimum Gasteiger partial charge on any atom is -0.512 e. The molecule has 239 valence electrons. The molecule has 5 heteroatoms. The standard InChI is InChI=1S/C27H22NO.C13H24O2.Ir/c1-17-14-23-22-8-4-5-9-25(22)29-27(23)24(15-17)26-21-11-10-19(18-6-2-3-7-18)16-20(21)12-13-28-26;1-5-10(6-2)12(14)9-13(15)11(7-3)8-4;/h4-5,8-14,16,18H,2-3,6-7H2,1H3;9-11,14H,5-8H2,1-4H3;/q-1;;/b;12-9-;/i18D;;. The summed E-state index contributed by atoms with van der Waals surface area (Å²) in [6, 6.07) is 22.3. The number of carbonyl (C=O) groups excluding carboxylic acids is 1. The number of hydrogen-bond donors (Lipinski definition) is 1. The molecule has 4 nitrogen and oxygen atoms in total. The quantitative estimate of drug-likeness (QED) is 0.0919. The van der Waals surface area contributed by atoms with E-state index < -0.39 is 5.89 Å². The van der Waals surface area contributed by atoms with Gasteiger partial charge in [-0.1, -0.05) is 94.8 Å². The maximum atomic E-state index is 11.7. The third-order valence-corrected chi connectivity index (χ3v) is 9.24. The zero-order valence-corrected chi connectivity index (χ0v) is 29.6. The molecule has 0 atom stereocenters. The van der Waals surface area contributed by atoms with Gasteiger partial charge >= 0.3 is 0 Å². The number of pyridine rings is 1. The van der Waals surface area contributed by atoms with Crippen LogP contribution in [0.3, 0.4) is 0 Å². The zero-order valence-electron chi connectivity index (χ0n) is 28.2. The molecule has 0 aliphatic heterocycles. The molecule has 6 rings (SSSR count). The molecular formula is C40H46IrNO3-. The monoisotopic (exact) mass is 782 g/mol. The summed E-state index contributed by atoms with van der Waals surface area (Å²) in [6.45, 7) is 10.1. The van der Waals surface area contributed by atoms with Crippen LogP contribution in [0.1, 0.15) is 97.5 Å². The summed E-state index contributed by atoms with van der Waals surface area (Å²) >= 11 is 0. The molecular weight excluding hydrogens is 735 g/mol. The number of hydrogen-bond acceptors (Lipinski definition) is 4. The second-order valence-corrected chi connectivity index (χ2v) is 12.1. The normalized spacial score (nSPS) is 14.9. The third-order valence-electron chi connectivity index (χ3n) is 9.24. The minimum absolute atomic E-state index is 0. The van der Waals surface area contributed by atoms with Crippen molar-refractivity contribution in [3.8, 4) is 11.3 Å². The minimum atomic E-state index is -0.445. The number of carbonyl (C=O) groups is 1. The maximum Gasteiger partial charge on any atom is 0.162 e. The summed E-state index contributed by atoms with van der Waals surface area (Å²) in [5, 5.41) is 14.2. The van der Waals surface area contributed by atoms with E-state index in [2.05, 4.69) is 43.3 Å². The molecule has 0 saturated heterocycles. The SMILES string of the molecule is CCC(CC)C(=O)/C=C(\O)C(CC)CC.[2H]C1(c2ccc3c(-c4[c-]c(C)cc5c4oc4ccccc45)nccc3c2)CCCC1.[Ir]. The van der Waals surface area contributed by atoms with Gasteiger partial charge in [0, 0.05) is 51.0 Å². The molecule has 0 spiro atoms. The van der Waals surface area contributed by atoms with Gasteiger partial charge in [-0.05, 0) is 78.6 Å². The average Bonchev–Trinajstić information content (AvgIpc) is 3.66. The van der Waals surface area contributed by atoms with Crippen LogP contribution in [0.25, 0.3) is 44.0 Å². The summed E-state index contributed by atoms with van der Waals surface area (Å²) in [5.41, 5.74) is 5.69. The van der Waals surface area contributed by atoms with E-state index in [9.17, 15) is 9.90 Å². The van der Waals surface area contributed by atoms with Crippen LogP contribution in [0.5, 0.6) is 0 Å². The number of aryl methyl sites for hydroxylation is 1. The van der Waals surface area contributed by atoms with Crippen molar-refractivity contribution in [2.45, 2.75) is 91.9 Å².